The van der Waals surface area contributed by atoms with Crippen molar-refractivity contribution in [1.82, 2.24) is 10.3 Å². The van der Waals surface area contributed by atoms with Crippen molar-refractivity contribution < 1.29 is 9.84 Å². The van der Waals surface area contributed by atoms with E-state index in [2.05, 4.69) is 17.2 Å². The molecule has 1 fully saturated rings. The SMILES string of the molecule is COc1c(C)cnc(CNCC2(O)CCC(C)CC2)c1C. The molecule has 0 aliphatic heterocycles. The summed E-state index contributed by atoms with van der Waals surface area (Å²) in [5.41, 5.74) is 2.58. The molecule has 0 bridgehead atoms. The summed E-state index contributed by atoms with van der Waals surface area (Å²) in [6.07, 6.45) is 5.87. The van der Waals surface area contributed by atoms with Crippen LogP contribution < -0.4 is 10.1 Å². The van der Waals surface area contributed by atoms with Crippen LogP contribution in [0.4, 0.5) is 0 Å². The fourth-order valence-electron chi connectivity index (χ4n) is 3.14. The first kappa shape index (κ1) is 16.2. The molecule has 1 aliphatic rings. The van der Waals surface area contributed by atoms with E-state index in [1.165, 1.54) is 0 Å². The van der Waals surface area contributed by atoms with Gasteiger partial charge in [-0.1, -0.05) is 6.92 Å². The number of aryl methyl sites for hydroxylation is 1. The summed E-state index contributed by atoms with van der Waals surface area (Å²) in [5, 5.41) is 13.9. The van der Waals surface area contributed by atoms with Gasteiger partial charge in [0.2, 0.25) is 0 Å². The van der Waals surface area contributed by atoms with Crippen molar-refractivity contribution in [2.45, 2.75) is 58.6 Å². The van der Waals surface area contributed by atoms with Crippen LogP contribution in [0.25, 0.3) is 0 Å². The van der Waals surface area contributed by atoms with Crippen molar-refractivity contribution >= 4 is 0 Å². The van der Waals surface area contributed by atoms with Crippen molar-refractivity contribution in [3.63, 3.8) is 0 Å². The highest BCUT2D eigenvalue weighted by Crippen LogP contribution is 2.31. The summed E-state index contributed by atoms with van der Waals surface area (Å²) in [7, 11) is 1.69. The molecule has 118 valence electrons. The van der Waals surface area contributed by atoms with Gasteiger partial charge < -0.3 is 15.2 Å². The monoisotopic (exact) mass is 292 g/mol. The minimum Gasteiger partial charge on any atom is -0.496 e. The second-order valence-electron chi connectivity index (χ2n) is 6.56. The van der Waals surface area contributed by atoms with E-state index >= 15 is 0 Å². The topological polar surface area (TPSA) is 54.4 Å². The lowest BCUT2D eigenvalue weighted by Gasteiger charge is -2.35. The van der Waals surface area contributed by atoms with E-state index in [9.17, 15) is 5.11 Å². The molecule has 1 aromatic heterocycles. The Balaban J connectivity index is 1.92. The predicted molar refractivity (Wildman–Crippen MR) is 84.6 cm³/mol. The van der Waals surface area contributed by atoms with E-state index in [-0.39, 0.29) is 0 Å². The van der Waals surface area contributed by atoms with E-state index < -0.39 is 5.60 Å². The molecule has 1 heterocycles. The van der Waals surface area contributed by atoms with Crippen LogP contribution in [0.15, 0.2) is 6.20 Å². The van der Waals surface area contributed by atoms with Gasteiger partial charge in [-0.25, -0.2) is 0 Å². The van der Waals surface area contributed by atoms with Crippen LogP contribution >= 0.6 is 0 Å². The maximum atomic E-state index is 10.6. The van der Waals surface area contributed by atoms with E-state index in [0.29, 0.717) is 13.1 Å². The van der Waals surface area contributed by atoms with Gasteiger partial charge in [0.25, 0.3) is 0 Å². The summed E-state index contributed by atoms with van der Waals surface area (Å²) in [6, 6.07) is 0. The van der Waals surface area contributed by atoms with Gasteiger partial charge in [0, 0.05) is 30.4 Å². The van der Waals surface area contributed by atoms with Crippen LogP contribution in [0.3, 0.4) is 0 Å². The molecule has 0 unspecified atom stereocenters. The van der Waals surface area contributed by atoms with Gasteiger partial charge in [-0.2, -0.15) is 0 Å². The predicted octanol–water partition coefficient (Wildman–Crippen LogP) is 2.74. The normalized spacial score (nSPS) is 25.9. The molecule has 0 saturated heterocycles. The average Bonchev–Trinajstić information content (AvgIpc) is 2.46. The molecule has 21 heavy (non-hydrogen) atoms. The minimum absolute atomic E-state index is 0.546. The highest BCUT2D eigenvalue weighted by Gasteiger charge is 2.31. The lowest BCUT2D eigenvalue weighted by molar-refractivity contribution is -0.00636. The molecule has 4 nitrogen and oxygen atoms in total. The van der Waals surface area contributed by atoms with E-state index in [4.69, 9.17) is 4.74 Å². The number of aliphatic hydroxyl groups is 1. The summed E-state index contributed by atoms with van der Waals surface area (Å²) in [5.74, 6) is 1.66. The standard InChI is InChI=1S/C17H28N2O2/c1-12-5-7-17(20,8-6-12)11-18-10-15-14(3)16(21-4)13(2)9-19-15/h9,12,18,20H,5-8,10-11H2,1-4H3. The molecule has 1 saturated carbocycles. The number of nitrogens with zero attached hydrogens (tertiary/aromatic N) is 1. The molecule has 0 atom stereocenters. The highest BCUT2D eigenvalue weighted by atomic mass is 16.5. The molecular formula is C17H28N2O2. The van der Waals surface area contributed by atoms with Crippen LogP contribution in [-0.4, -0.2) is 29.3 Å². The van der Waals surface area contributed by atoms with Crippen LogP contribution in [0.1, 0.15) is 49.4 Å². The first-order chi connectivity index (χ1) is 9.95. The number of methoxy groups -OCH3 is 1. The molecule has 0 amide bonds. The van der Waals surface area contributed by atoms with E-state index in [1.807, 2.05) is 20.0 Å². The molecular weight excluding hydrogens is 264 g/mol. The number of ether oxygens (including phenoxy) is 1. The summed E-state index contributed by atoms with van der Waals surface area (Å²) in [6.45, 7) is 7.60. The summed E-state index contributed by atoms with van der Waals surface area (Å²) >= 11 is 0. The van der Waals surface area contributed by atoms with Crippen molar-refractivity contribution in [2.75, 3.05) is 13.7 Å². The molecule has 1 aromatic rings. The average molecular weight is 292 g/mol. The number of nitrogens with one attached hydrogen (secondary N) is 1. The molecule has 2 N–H and O–H groups in total. The Hall–Kier alpha value is -1.13. The van der Waals surface area contributed by atoms with Gasteiger partial charge in [0.1, 0.15) is 5.75 Å². The Bertz CT molecular complexity index is 480. The zero-order valence-corrected chi connectivity index (χ0v) is 13.7. The third-order valence-electron chi connectivity index (χ3n) is 4.70. The fourth-order valence-corrected chi connectivity index (χ4v) is 3.14. The zero-order valence-electron chi connectivity index (χ0n) is 13.7. The Morgan fingerprint density at radius 3 is 2.67 bits per heavy atom. The van der Waals surface area contributed by atoms with Gasteiger partial charge in [-0.05, 0) is 45.4 Å². The Morgan fingerprint density at radius 2 is 2.05 bits per heavy atom. The number of aromatic nitrogens is 1. The van der Waals surface area contributed by atoms with Crippen molar-refractivity contribution in [1.29, 1.82) is 0 Å². The number of rotatable bonds is 5. The van der Waals surface area contributed by atoms with Crippen LogP contribution in [0.2, 0.25) is 0 Å². The third kappa shape index (κ3) is 3.95. The largest absolute Gasteiger partial charge is 0.496 e. The Kier molecular flexibility index (Phi) is 5.22. The van der Waals surface area contributed by atoms with Gasteiger partial charge in [0.05, 0.1) is 18.4 Å². The molecule has 0 radical (unpaired) electrons. The summed E-state index contributed by atoms with van der Waals surface area (Å²) in [4.78, 5) is 4.48. The quantitative estimate of drug-likeness (QED) is 0.876. The van der Waals surface area contributed by atoms with Gasteiger partial charge in [0.15, 0.2) is 0 Å². The molecule has 0 aromatic carbocycles. The second-order valence-corrected chi connectivity index (χ2v) is 6.56. The van der Waals surface area contributed by atoms with Gasteiger partial charge >= 0.3 is 0 Å². The smallest absolute Gasteiger partial charge is 0.128 e. The first-order valence-electron chi connectivity index (χ1n) is 7.87. The molecule has 2 rings (SSSR count). The summed E-state index contributed by atoms with van der Waals surface area (Å²) < 4.78 is 5.43. The maximum absolute atomic E-state index is 10.6. The Labute approximate surface area is 127 Å². The number of hydrogen-bond donors (Lipinski definition) is 2. The van der Waals surface area contributed by atoms with E-state index in [1.54, 1.807) is 7.11 Å². The van der Waals surface area contributed by atoms with Crippen molar-refractivity contribution in [3.8, 4) is 5.75 Å². The zero-order chi connectivity index (χ0) is 15.5. The number of hydrogen-bond acceptors (Lipinski definition) is 4. The lowest BCUT2D eigenvalue weighted by Crippen LogP contribution is -2.43. The van der Waals surface area contributed by atoms with Crippen LogP contribution in [0.5, 0.6) is 5.75 Å². The van der Waals surface area contributed by atoms with Gasteiger partial charge in [-0.3, -0.25) is 4.98 Å². The molecule has 0 spiro atoms. The van der Waals surface area contributed by atoms with Crippen LogP contribution in [0, 0.1) is 19.8 Å². The molecule has 4 heteroatoms. The van der Waals surface area contributed by atoms with Crippen molar-refractivity contribution in [3.05, 3.63) is 23.0 Å². The lowest BCUT2D eigenvalue weighted by atomic mass is 9.79. The second kappa shape index (κ2) is 6.75. The van der Waals surface area contributed by atoms with Crippen LogP contribution in [-0.2, 0) is 6.54 Å². The third-order valence-corrected chi connectivity index (χ3v) is 4.70. The van der Waals surface area contributed by atoms with Gasteiger partial charge in [-0.15, -0.1) is 0 Å². The highest BCUT2D eigenvalue weighted by molar-refractivity contribution is 5.40. The Morgan fingerprint density at radius 1 is 1.38 bits per heavy atom. The van der Waals surface area contributed by atoms with E-state index in [0.717, 1.165) is 54.2 Å². The fraction of sp³-hybridized carbons (Fsp3) is 0.706. The molecule has 1 aliphatic carbocycles. The minimum atomic E-state index is -0.546. The van der Waals surface area contributed by atoms with Crippen molar-refractivity contribution in [2.24, 2.45) is 5.92 Å². The number of pyridine rings is 1. The first-order valence-corrected chi connectivity index (χ1v) is 7.87. The maximum Gasteiger partial charge on any atom is 0.128 e.